The van der Waals surface area contributed by atoms with Crippen LogP contribution >= 0.6 is 11.3 Å². The Bertz CT molecular complexity index is 615. The highest BCUT2D eigenvalue weighted by atomic mass is 32.1. The van der Waals surface area contributed by atoms with E-state index in [1.807, 2.05) is 11.8 Å². The van der Waals surface area contributed by atoms with Gasteiger partial charge in [0, 0.05) is 23.2 Å². The maximum absolute atomic E-state index is 13.7. The van der Waals surface area contributed by atoms with Crippen molar-refractivity contribution in [3.05, 3.63) is 41.2 Å². The van der Waals surface area contributed by atoms with Gasteiger partial charge in [-0.3, -0.25) is 9.69 Å². The molecule has 112 valence electrons. The molecule has 1 aromatic heterocycles. The van der Waals surface area contributed by atoms with Crippen LogP contribution in [-0.4, -0.2) is 34.0 Å². The summed E-state index contributed by atoms with van der Waals surface area (Å²) >= 11 is 1.40. The molecule has 0 unspecified atom stereocenters. The third kappa shape index (κ3) is 4.34. The fraction of sp³-hybridized carbons (Fsp3) is 0.333. The number of carboxylic acids is 1. The van der Waals surface area contributed by atoms with Crippen LogP contribution in [-0.2, 0) is 11.3 Å². The van der Waals surface area contributed by atoms with Gasteiger partial charge >= 0.3 is 5.97 Å². The maximum Gasteiger partial charge on any atom is 0.317 e. The van der Waals surface area contributed by atoms with Crippen molar-refractivity contribution in [2.45, 2.75) is 19.9 Å². The lowest BCUT2D eigenvalue weighted by molar-refractivity contribution is -0.138. The maximum atomic E-state index is 13.7. The van der Waals surface area contributed by atoms with Crippen LogP contribution in [0.25, 0.3) is 10.6 Å². The second-order valence-corrected chi connectivity index (χ2v) is 5.83. The Morgan fingerprint density at radius 1 is 1.43 bits per heavy atom. The molecule has 0 aliphatic heterocycles. The van der Waals surface area contributed by atoms with Gasteiger partial charge in [-0.2, -0.15) is 0 Å². The van der Waals surface area contributed by atoms with Crippen molar-refractivity contribution < 1.29 is 14.3 Å². The predicted octanol–water partition coefficient (Wildman–Crippen LogP) is 3.25. The minimum absolute atomic E-state index is 0.000765. The number of aromatic nitrogens is 1. The lowest BCUT2D eigenvalue weighted by Crippen LogP contribution is -2.29. The smallest absolute Gasteiger partial charge is 0.317 e. The van der Waals surface area contributed by atoms with Crippen molar-refractivity contribution in [2.75, 3.05) is 13.1 Å². The lowest BCUT2D eigenvalue weighted by atomic mass is 10.2. The summed E-state index contributed by atoms with van der Waals surface area (Å²) in [5.41, 5.74) is 0.481. The molecule has 0 saturated carbocycles. The van der Waals surface area contributed by atoms with Gasteiger partial charge in [0.25, 0.3) is 0 Å². The first-order valence-electron chi connectivity index (χ1n) is 6.74. The predicted molar refractivity (Wildman–Crippen MR) is 80.7 cm³/mol. The number of nitrogens with zero attached hydrogens (tertiary/aromatic N) is 2. The van der Waals surface area contributed by atoms with Crippen LogP contribution in [0.15, 0.2) is 30.5 Å². The van der Waals surface area contributed by atoms with Crippen LogP contribution in [0.5, 0.6) is 0 Å². The van der Waals surface area contributed by atoms with Crippen LogP contribution in [0.2, 0.25) is 0 Å². The van der Waals surface area contributed by atoms with Gasteiger partial charge in [0.2, 0.25) is 0 Å². The number of rotatable bonds is 7. The SMILES string of the molecule is CCCN(CC(=O)O)Cc1cnc(-c2ccccc2F)s1. The number of carbonyl (C=O) groups is 1. The molecule has 0 aliphatic carbocycles. The van der Waals surface area contributed by atoms with E-state index >= 15 is 0 Å². The Balaban J connectivity index is 2.12. The van der Waals surface area contributed by atoms with Gasteiger partial charge in [0.15, 0.2) is 0 Å². The molecule has 1 heterocycles. The van der Waals surface area contributed by atoms with Gasteiger partial charge in [-0.25, -0.2) is 9.37 Å². The van der Waals surface area contributed by atoms with Crippen LogP contribution in [0, 0.1) is 5.82 Å². The van der Waals surface area contributed by atoms with E-state index in [4.69, 9.17) is 5.11 Å². The molecule has 0 atom stereocenters. The van der Waals surface area contributed by atoms with Crippen molar-refractivity contribution in [3.8, 4) is 10.6 Å². The second-order valence-electron chi connectivity index (χ2n) is 4.72. The van der Waals surface area contributed by atoms with Gasteiger partial charge in [-0.1, -0.05) is 19.1 Å². The van der Waals surface area contributed by atoms with Gasteiger partial charge in [0.05, 0.1) is 6.54 Å². The summed E-state index contributed by atoms with van der Waals surface area (Å²) in [7, 11) is 0. The van der Waals surface area contributed by atoms with Gasteiger partial charge in [-0.05, 0) is 25.1 Å². The second kappa shape index (κ2) is 7.28. The molecule has 0 spiro atoms. The average molecular weight is 308 g/mol. The number of hydrogen-bond donors (Lipinski definition) is 1. The molecule has 0 bridgehead atoms. The Labute approximate surface area is 126 Å². The van der Waals surface area contributed by atoms with Crippen LogP contribution in [0.1, 0.15) is 18.2 Å². The van der Waals surface area contributed by atoms with Crippen molar-refractivity contribution in [2.24, 2.45) is 0 Å². The zero-order valence-corrected chi connectivity index (χ0v) is 12.6. The molecule has 0 saturated heterocycles. The Morgan fingerprint density at radius 3 is 2.86 bits per heavy atom. The Hall–Kier alpha value is -1.79. The molecule has 2 aromatic rings. The standard InChI is InChI=1S/C15H17FN2O2S/c1-2-7-18(10-14(19)20)9-11-8-17-15(21-11)12-5-3-4-6-13(12)16/h3-6,8H,2,7,9-10H2,1H3,(H,19,20). The Kier molecular flexibility index (Phi) is 5.41. The number of thiazole rings is 1. The molecular weight excluding hydrogens is 291 g/mol. The van der Waals surface area contributed by atoms with E-state index < -0.39 is 5.97 Å². The molecule has 4 nitrogen and oxygen atoms in total. The fourth-order valence-electron chi connectivity index (χ4n) is 2.08. The van der Waals surface area contributed by atoms with E-state index in [9.17, 15) is 9.18 Å². The first-order valence-corrected chi connectivity index (χ1v) is 7.55. The molecule has 6 heteroatoms. The number of hydrogen-bond acceptors (Lipinski definition) is 4. The topological polar surface area (TPSA) is 53.4 Å². The van der Waals surface area contributed by atoms with Crippen molar-refractivity contribution in [1.82, 2.24) is 9.88 Å². The average Bonchev–Trinajstić information content (AvgIpc) is 2.87. The van der Waals surface area contributed by atoms with E-state index in [1.165, 1.54) is 17.4 Å². The van der Waals surface area contributed by atoms with Gasteiger partial charge in [0.1, 0.15) is 10.8 Å². The first-order chi connectivity index (χ1) is 10.1. The summed E-state index contributed by atoms with van der Waals surface area (Å²) in [6, 6.07) is 6.51. The lowest BCUT2D eigenvalue weighted by Gasteiger charge is -2.17. The monoisotopic (exact) mass is 308 g/mol. The minimum Gasteiger partial charge on any atom is -0.480 e. The summed E-state index contributed by atoms with van der Waals surface area (Å²) in [5.74, 6) is -1.14. The molecule has 0 aliphatic rings. The van der Waals surface area contributed by atoms with Crippen LogP contribution in [0.4, 0.5) is 4.39 Å². The number of halogens is 1. The minimum atomic E-state index is -0.845. The van der Waals surface area contributed by atoms with Gasteiger partial charge < -0.3 is 5.11 Å². The highest BCUT2D eigenvalue weighted by molar-refractivity contribution is 7.15. The number of carboxylic acid groups (broad SMARTS) is 1. The molecule has 1 aromatic carbocycles. The van der Waals surface area contributed by atoms with E-state index in [2.05, 4.69) is 4.98 Å². The zero-order chi connectivity index (χ0) is 15.2. The highest BCUT2D eigenvalue weighted by Crippen LogP contribution is 2.27. The fourth-order valence-corrected chi connectivity index (χ4v) is 3.06. The molecule has 0 fully saturated rings. The van der Waals surface area contributed by atoms with Crippen LogP contribution < -0.4 is 0 Å². The molecule has 2 rings (SSSR count). The third-order valence-electron chi connectivity index (χ3n) is 2.94. The van der Waals surface area contributed by atoms with E-state index in [1.54, 1.807) is 24.4 Å². The molecule has 21 heavy (non-hydrogen) atoms. The van der Waals surface area contributed by atoms with Crippen molar-refractivity contribution in [1.29, 1.82) is 0 Å². The Morgan fingerprint density at radius 2 is 2.19 bits per heavy atom. The summed E-state index contributed by atoms with van der Waals surface area (Å²) in [5, 5.41) is 9.52. The van der Waals surface area contributed by atoms with E-state index in [-0.39, 0.29) is 12.4 Å². The molecule has 1 N–H and O–H groups in total. The van der Waals surface area contributed by atoms with Crippen molar-refractivity contribution in [3.63, 3.8) is 0 Å². The summed E-state index contributed by atoms with van der Waals surface area (Å²) in [4.78, 5) is 17.9. The summed E-state index contributed by atoms with van der Waals surface area (Å²) < 4.78 is 13.7. The van der Waals surface area contributed by atoms with Crippen LogP contribution in [0.3, 0.4) is 0 Å². The van der Waals surface area contributed by atoms with E-state index in [0.29, 0.717) is 23.7 Å². The highest BCUT2D eigenvalue weighted by Gasteiger charge is 2.13. The number of aliphatic carboxylic acids is 1. The number of benzene rings is 1. The summed E-state index contributed by atoms with van der Waals surface area (Å²) in [6.45, 7) is 3.23. The van der Waals surface area contributed by atoms with E-state index in [0.717, 1.165) is 11.3 Å². The van der Waals surface area contributed by atoms with Gasteiger partial charge in [-0.15, -0.1) is 11.3 Å². The summed E-state index contributed by atoms with van der Waals surface area (Å²) in [6.07, 6.45) is 2.57. The molecule has 0 radical (unpaired) electrons. The normalized spacial score (nSPS) is 11.0. The molecule has 0 amide bonds. The molecular formula is C15H17FN2O2S. The zero-order valence-electron chi connectivity index (χ0n) is 11.8. The van der Waals surface area contributed by atoms with Crippen molar-refractivity contribution >= 4 is 17.3 Å². The first kappa shape index (κ1) is 15.6. The quantitative estimate of drug-likeness (QED) is 0.853. The third-order valence-corrected chi connectivity index (χ3v) is 3.95. The largest absolute Gasteiger partial charge is 0.480 e.